The summed E-state index contributed by atoms with van der Waals surface area (Å²) >= 11 is 0. The minimum Gasteiger partial charge on any atom is -0.466 e. The van der Waals surface area contributed by atoms with Crippen LogP contribution in [0.1, 0.15) is 42.6 Å². The quantitative estimate of drug-likeness (QED) is 0.801. The number of aryl methyl sites for hydroxylation is 1. The minimum atomic E-state index is -0.184. The Morgan fingerprint density at radius 3 is 2.76 bits per heavy atom. The molecule has 1 aromatic rings. The number of piperidine rings is 1. The molecule has 1 aliphatic heterocycles. The normalized spacial score (nSPS) is 18.4. The van der Waals surface area contributed by atoms with Crippen LogP contribution in [0.5, 0.6) is 0 Å². The summed E-state index contributed by atoms with van der Waals surface area (Å²) in [4.78, 5) is 26.3. The van der Waals surface area contributed by atoms with Gasteiger partial charge in [0.05, 0.1) is 12.5 Å². The van der Waals surface area contributed by atoms with Crippen molar-refractivity contribution in [1.29, 1.82) is 0 Å². The number of hydrogen-bond donors (Lipinski definition) is 0. The Kier molecular flexibility index (Phi) is 5.37. The number of esters is 1. The van der Waals surface area contributed by atoms with E-state index in [4.69, 9.17) is 4.74 Å². The Morgan fingerprint density at radius 1 is 1.29 bits per heavy atom. The molecule has 1 amide bonds. The van der Waals surface area contributed by atoms with Crippen molar-refractivity contribution < 1.29 is 14.3 Å². The minimum absolute atomic E-state index is 0.0291. The first-order valence-electron chi connectivity index (χ1n) is 7.71. The molecule has 0 aliphatic carbocycles. The van der Waals surface area contributed by atoms with Gasteiger partial charge in [-0.2, -0.15) is 0 Å². The Morgan fingerprint density at radius 2 is 2.05 bits per heavy atom. The molecule has 1 aliphatic rings. The molecule has 1 heterocycles. The fraction of sp³-hybridized carbons (Fsp3) is 0.529. The van der Waals surface area contributed by atoms with Crippen molar-refractivity contribution in [2.24, 2.45) is 5.92 Å². The lowest BCUT2D eigenvalue weighted by Gasteiger charge is -2.32. The molecule has 0 radical (unpaired) electrons. The first kappa shape index (κ1) is 15.5. The maximum atomic E-state index is 12.7. The first-order valence-corrected chi connectivity index (χ1v) is 7.71. The molecular formula is C17H23NO3. The maximum Gasteiger partial charge on any atom is 0.310 e. The predicted molar refractivity (Wildman–Crippen MR) is 81.1 cm³/mol. The summed E-state index contributed by atoms with van der Waals surface area (Å²) in [6, 6.07) is 7.70. The standard InChI is InChI=1S/C17H23NO3/c1-3-13-8-5-6-10-15(13)16(19)18-11-7-9-14(12-18)17(20)21-4-2/h5-6,8,10,14H,3-4,7,9,11-12H2,1-2H3. The number of likely N-dealkylation sites (tertiary alicyclic amines) is 1. The summed E-state index contributed by atoms with van der Waals surface area (Å²) in [5.41, 5.74) is 1.81. The third-order valence-corrected chi connectivity index (χ3v) is 3.96. The van der Waals surface area contributed by atoms with Gasteiger partial charge in [0.25, 0.3) is 5.91 Å². The highest BCUT2D eigenvalue weighted by Gasteiger charge is 2.30. The van der Waals surface area contributed by atoms with Crippen molar-refractivity contribution in [1.82, 2.24) is 4.90 Å². The van der Waals surface area contributed by atoms with Crippen LogP contribution in [0.3, 0.4) is 0 Å². The van der Waals surface area contributed by atoms with Gasteiger partial charge in [0.1, 0.15) is 0 Å². The van der Waals surface area contributed by atoms with Crippen molar-refractivity contribution >= 4 is 11.9 Å². The SMILES string of the molecule is CCOC(=O)C1CCCN(C(=O)c2ccccc2CC)C1. The van der Waals surface area contributed by atoms with Crippen molar-refractivity contribution in [3.05, 3.63) is 35.4 Å². The van der Waals surface area contributed by atoms with Crippen LogP contribution in [0.15, 0.2) is 24.3 Å². The zero-order chi connectivity index (χ0) is 15.2. The average molecular weight is 289 g/mol. The van der Waals surface area contributed by atoms with Gasteiger partial charge >= 0.3 is 5.97 Å². The number of nitrogens with zero attached hydrogens (tertiary/aromatic N) is 1. The maximum absolute atomic E-state index is 12.7. The van der Waals surface area contributed by atoms with E-state index in [1.807, 2.05) is 31.2 Å². The first-order chi connectivity index (χ1) is 10.2. The van der Waals surface area contributed by atoms with Gasteiger partial charge in [-0.25, -0.2) is 0 Å². The summed E-state index contributed by atoms with van der Waals surface area (Å²) in [5, 5.41) is 0. The van der Waals surface area contributed by atoms with Crippen molar-refractivity contribution in [2.45, 2.75) is 33.1 Å². The molecule has 1 atom stereocenters. The number of carbonyl (C=O) groups excluding carboxylic acids is 2. The molecule has 0 N–H and O–H groups in total. The highest BCUT2D eigenvalue weighted by Crippen LogP contribution is 2.21. The van der Waals surface area contributed by atoms with E-state index in [2.05, 4.69) is 0 Å². The van der Waals surface area contributed by atoms with Crippen LogP contribution in [-0.2, 0) is 16.0 Å². The molecule has 21 heavy (non-hydrogen) atoms. The van der Waals surface area contributed by atoms with Crippen molar-refractivity contribution in [3.8, 4) is 0 Å². The van der Waals surface area contributed by atoms with Gasteiger partial charge in [0.2, 0.25) is 0 Å². The highest BCUT2D eigenvalue weighted by molar-refractivity contribution is 5.96. The third kappa shape index (κ3) is 3.63. The molecular weight excluding hydrogens is 266 g/mol. The fourth-order valence-electron chi connectivity index (χ4n) is 2.82. The largest absolute Gasteiger partial charge is 0.466 e. The number of ether oxygens (including phenoxy) is 1. The molecule has 2 rings (SSSR count). The summed E-state index contributed by atoms with van der Waals surface area (Å²) in [5.74, 6) is -0.336. The van der Waals surface area contributed by atoms with Gasteiger partial charge in [0.15, 0.2) is 0 Å². The average Bonchev–Trinajstić information content (AvgIpc) is 2.54. The van der Waals surface area contributed by atoms with Gasteiger partial charge in [-0.05, 0) is 37.8 Å². The van der Waals surface area contributed by atoms with Crippen LogP contribution in [0.25, 0.3) is 0 Å². The molecule has 1 aromatic carbocycles. The van der Waals surface area contributed by atoms with Crippen LogP contribution in [0.4, 0.5) is 0 Å². The van der Waals surface area contributed by atoms with Crippen molar-refractivity contribution in [2.75, 3.05) is 19.7 Å². The zero-order valence-electron chi connectivity index (χ0n) is 12.8. The highest BCUT2D eigenvalue weighted by atomic mass is 16.5. The lowest BCUT2D eigenvalue weighted by atomic mass is 9.96. The van der Waals surface area contributed by atoms with Crippen LogP contribution in [0, 0.1) is 5.92 Å². The Balaban J connectivity index is 2.10. The van der Waals surface area contributed by atoms with E-state index >= 15 is 0 Å². The summed E-state index contributed by atoms with van der Waals surface area (Å²) < 4.78 is 5.08. The monoisotopic (exact) mass is 289 g/mol. The van der Waals surface area contributed by atoms with Gasteiger partial charge in [0, 0.05) is 18.7 Å². The number of carbonyl (C=O) groups is 2. The van der Waals surface area contributed by atoms with E-state index in [1.54, 1.807) is 11.8 Å². The molecule has 4 nitrogen and oxygen atoms in total. The van der Waals surface area contributed by atoms with Crippen LogP contribution in [-0.4, -0.2) is 36.5 Å². The molecule has 1 fully saturated rings. The lowest BCUT2D eigenvalue weighted by Crippen LogP contribution is -2.43. The Bertz CT molecular complexity index is 513. The smallest absolute Gasteiger partial charge is 0.310 e. The van der Waals surface area contributed by atoms with E-state index in [9.17, 15) is 9.59 Å². The van der Waals surface area contributed by atoms with E-state index in [0.29, 0.717) is 19.7 Å². The van der Waals surface area contributed by atoms with Crippen LogP contribution >= 0.6 is 0 Å². The number of rotatable bonds is 4. The topological polar surface area (TPSA) is 46.6 Å². The summed E-state index contributed by atoms with van der Waals surface area (Å²) in [6.07, 6.45) is 2.48. The Hall–Kier alpha value is -1.84. The molecule has 1 saturated heterocycles. The van der Waals surface area contributed by atoms with E-state index < -0.39 is 0 Å². The van der Waals surface area contributed by atoms with Gasteiger partial charge in [-0.3, -0.25) is 9.59 Å². The molecule has 0 spiro atoms. The fourth-order valence-corrected chi connectivity index (χ4v) is 2.82. The molecule has 0 bridgehead atoms. The van der Waals surface area contributed by atoms with Gasteiger partial charge in [-0.15, -0.1) is 0 Å². The number of hydrogen-bond acceptors (Lipinski definition) is 3. The Labute approximate surface area is 126 Å². The van der Waals surface area contributed by atoms with Gasteiger partial charge < -0.3 is 9.64 Å². The van der Waals surface area contributed by atoms with Crippen molar-refractivity contribution in [3.63, 3.8) is 0 Å². The van der Waals surface area contributed by atoms with E-state index in [1.165, 1.54) is 0 Å². The second-order valence-electron chi connectivity index (χ2n) is 5.35. The molecule has 0 aromatic heterocycles. The molecule has 114 valence electrons. The molecule has 1 unspecified atom stereocenters. The van der Waals surface area contributed by atoms with E-state index in [-0.39, 0.29) is 17.8 Å². The number of benzene rings is 1. The van der Waals surface area contributed by atoms with Gasteiger partial charge in [-0.1, -0.05) is 25.1 Å². The second-order valence-corrected chi connectivity index (χ2v) is 5.35. The lowest BCUT2D eigenvalue weighted by molar-refractivity contribution is -0.149. The van der Waals surface area contributed by atoms with Crippen LogP contribution < -0.4 is 0 Å². The van der Waals surface area contributed by atoms with Crippen LogP contribution in [0.2, 0.25) is 0 Å². The summed E-state index contributed by atoms with van der Waals surface area (Å²) in [6.45, 7) is 5.43. The van der Waals surface area contributed by atoms with E-state index in [0.717, 1.165) is 30.4 Å². The summed E-state index contributed by atoms with van der Waals surface area (Å²) in [7, 11) is 0. The number of amides is 1. The predicted octanol–water partition coefficient (Wildman–Crippen LogP) is 2.66. The molecule has 4 heteroatoms. The molecule has 0 saturated carbocycles. The zero-order valence-corrected chi connectivity index (χ0v) is 12.8. The second kappa shape index (κ2) is 7.25. The third-order valence-electron chi connectivity index (χ3n) is 3.96.